The lowest BCUT2D eigenvalue weighted by Gasteiger charge is -2.27. The van der Waals surface area contributed by atoms with Gasteiger partial charge in [-0.3, -0.25) is 9.48 Å². The van der Waals surface area contributed by atoms with Crippen LogP contribution in [0.5, 0.6) is 0 Å². The number of aromatic nitrogens is 5. The Morgan fingerprint density at radius 3 is 2.79 bits per heavy atom. The van der Waals surface area contributed by atoms with E-state index >= 15 is 0 Å². The molecule has 0 saturated heterocycles. The van der Waals surface area contributed by atoms with Crippen molar-refractivity contribution in [2.45, 2.75) is 37.9 Å². The molecule has 128 valence electrons. The molecule has 1 saturated carbocycles. The Bertz CT molecular complexity index is 791. The molecule has 4 rings (SSSR count). The molecule has 2 aliphatic rings. The van der Waals surface area contributed by atoms with Gasteiger partial charge in [0, 0.05) is 50.8 Å². The molecule has 0 atom stereocenters. The molecule has 0 bridgehead atoms. The van der Waals surface area contributed by atoms with Crippen LogP contribution in [0.4, 0.5) is 0 Å². The Morgan fingerprint density at radius 2 is 2.08 bits per heavy atom. The zero-order valence-corrected chi connectivity index (χ0v) is 15.1. The monoisotopic (exact) mass is 346 g/mol. The zero-order chi connectivity index (χ0) is 16.8. The molecule has 0 radical (unpaired) electrons. The van der Waals surface area contributed by atoms with Gasteiger partial charge in [0.15, 0.2) is 11.0 Å². The van der Waals surface area contributed by atoms with Gasteiger partial charge in [0.2, 0.25) is 5.91 Å². The van der Waals surface area contributed by atoms with Crippen LogP contribution < -0.4 is 0 Å². The molecule has 2 aromatic heterocycles. The number of thioether (sulfide) groups is 1. The molecular weight excluding hydrogens is 324 g/mol. The SMILES string of the molecule is CCSc1nnc(-c2nn(C)c3c2CN(C(=O)C2CC2)CC3)n1C. The molecule has 1 aliphatic heterocycles. The molecule has 0 unspecified atom stereocenters. The fraction of sp³-hybridized carbons (Fsp3) is 0.625. The maximum Gasteiger partial charge on any atom is 0.225 e. The van der Waals surface area contributed by atoms with Crippen molar-refractivity contribution in [1.82, 2.24) is 29.4 Å². The van der Waals surface area contributed by atoms with Crippen molar-refractivity contribution in [2.75, 3.05) is 12.3 Å². The van der Waals surface area contributed by atoms with Gasteiger partial charge in [-0.1, -0.05) is 18.7 Å². The number of hydrogen-bond donors (Lipinski definition) is 0. The first-order chi connectivity index (χ1) is 11.6. The highest BCUT2D eigenvalue weighted by atomic mass is 32.2. The lowest BCUT2D eigenvalue weighted by molar-refractivity contribution is -0.133. The fourth-order valence-electron chi connectivity index (χ4n) is 3.32. The third-order valence-corrected chi connectivity index (χ3v) is 5.70. The minimum absolute atomic E-state index is 0.258. The second kappa shape index (κ2) is 5.91. The number of amides is 1. The first-order valence-electron chi connectivity index (χ1n) is 8.46. The Balaban J connectivity index is 1.69. The van der Waals surface area contributed by atoms with Crippen molar-refractivity contribution in [3.63, 3.8) is 0 Å². The predicted molar refractivity (Wildman–Crippen MR) is 91.4 cm³/mol. The third kappa shape index (κ3) is 2.53. The molecule has 1 amide bonds. The summed E-state index contributed by atoms with van der Waals surface area (Å²) in [6.07, 6.45) is 2.94. The van der Waals surface area contributed by atoms with Crippen LogP contribution >= 0.6 is 11.8 Å². The van der Waals surface area contributed by atoms with Gasteiger partial charge >= 0.3 is 0 Å². The van der Waals surface area contributed by atoms with E-state index in [0.717, 1.165) is 53.8 Å². The van der Waals surface area contributed by atoms with Crippen LogP contribution in [0, 0.1) is 5.92 Å². The van der Waals surface area contributed by atoms with Gasteiger partial charge in [-0.05, 0) is 18.6 Å². The van der Waals surface area contributed by atoms with Crippen LogP contribution in [0.25, 0.3) is 11.5 Å². The summed E-state index contributed by atoms with van der Waals surface area (Å²) in [5.74, 6) is 2.30. The molecule has 0 aromatic carbocycles. The highest BCUT2D eigenvalue weighted by Gasteiger charge is 2.36. The van der Waals surface area contributed by atoms with E-state index in [1.54, 1.807) is 11.8 Å². The fourth-order valence-corrected chi connectivity index (χ4v) is 3.96. The molecular formula is C16H22N6OS. The Hall–Kier alpha value is -1.83. The topological polar surface area (TPSA) is 68.8 Å². The highest BCUT2D eigenvalue weighted by Crippen LogP contribution is 2.35. The Morgan fingerprint density at radius 1 is 1.29 bits per heavy atom. The van der Waals surface area contributed by atoms with Gasteiger partial charge in [-0.2, -0.15) is 5.10 Å². The first kappa shape index (κ1) is 15.7. The van der Waals surface area contributed by atoms with Crippen molar-refractivity contribution in [3.8, 4) is 11.5 Å². The molecule has 0 N–H and O–H groups in total. The van der Waals surface area contributed by atoms with Crippen molar-refractivity contribution >= 4 is 17.7 Å². The molecule has 1 aliphatic carbocycles. The average Bonchev–Trinajstić information content (AvgIpc) is 3.31. The first-order valence-corrected chi connectivity index (χ1v) is 9.44. The molecule has 2 aromatic rings. The highest BCUT2D eigenvalue weighted by molar-refractivity contribution is 7.99. The number of fused-ring (bicyclic) bond motifs is 1. The Labute approximate surface area is 145 Å². The second-order valence-corrected chi connectivity index (χ2v) is 7.71. The van der Waals surface area contributed by atoms with Crippen LogP contribution in [0.15, 0.2) is 5.16 Å². The van der Waals surface area contributed by atoms with Gasteiger partial charge in [-0.25, -0.2) is 0 Å². The van der Waals surface area contributed by atoms with E-state index in [1.807, 2.05) is 28.2 Å². The zero-order valence-electron chi connectivity index (χ0n) is 14.3. The Kier molecular flexibility index (Phi) is 3.86. The van der Waals surface area contributed by atoms with Crippen LogP contribution in [-0.2, 0) is 31.9 Å². The summed E-state index contributed by atoms with van der Waals surface area (Å²) in [5, 5.41) is 14.2. The number of aryl methyl sites for hydroxylation is 1. The minimum atomic E-state index is 0.258. The van der Waals surface area contributed by atoms with Crippen LogP contribution in [-0.4, -0.2) is 47.6 Å². The van der Waals surface area contributed by atoms with E-state index in [4.69, 9.17) is 5.10 Å². The van der Waals surface area contributed by atoms with Crippen molar-refractivity contribution in [3.05, 3.63) is 11.3 Å². The standard InChI is InChI=1S/C16H22N6OS/c1-4-24-16-18-17-14(20(16)2)13-11-9-22(15(23)10-5-6-10)8-7-12(11)21(3)19-13/h10H,4-9H2,1-3H3. The van der Waals surface area contributed by atoms with Crippen LogP contribution in [0.3, 0.4) is 0 Å². The second-order valence-electron chi connectivity index (χ2n) is 6.48. The van der Waals surface area contributed by atoms with Gasteiger partial charge < -0.3 is 9.47 Å². The molecule has 1 fully saturated rings. The third-order valence-electron chi connectivity index (χ3n) is 4.80. The van der Waals surface area contributed by atoms with E-state index in [0.29, 0.717) is 12.5 Å². The number of carbonyl (C=O) groups is 1. The van der Waals surface area contributed by atoms with Gasteiger partial charge in [0.25, 0.3) is 0 Å². The van der Waals surface area contributed by atoms with E-state index in [1.165, 1.54) is 5.69 Å². The van der Waals surface area contributed by atoms with E-state index in [9.17, 15) is 4.79 Å². The number of rotatable bonds is 4. The van der Waals surface area contributed by atoms with Gasteiger partial charge in [0.1, 0.15) is 5.69 Å². The maximum atomic E-state index is 12.4. The van der Waals surface area contributed by atoms with E-state index in [2.05, 4.69) is 17.1 Å². The summed E-state index contributed by atoms with van der Waals surface area (Å²) in [6.45, 7) is 3.52. The van der Waals surface area contributed by atoms with Crippen molar-refractivity contribution in [1.29, 1.82) is 0 Å². The summed E-state index contributed by atoms with van der Waals surface area (Å²) in [4.78, 5) is 14.4. The molecule has 8 heteroatoms. The summed E-state index contributed by atoms with van der Waals surface area (Å²) in [7, 11) is 3.95. The van der Waals surface area contributed by atoms with E-state index in [-0.39, 0.29) is 5.92 Å². The van der Waals surface area contributed by atoms with Gasteiger partial charge in [0.05, 0.1) is 0 Å². The quantitative estimate of drug-likeness (QED) is 0.787. The largest absolute Gasteiger partial charge is 0.338 e. The lowest BCUT2D eigenvalue weighted by atomic mass is 10.0. The average molecular weight is 346 g/mol. The summed E-state index contributed by atoms with van der Waals surface area (Å²) < 4.78 is 3.93. The van der Waals surface area contributed by atoms with Crippen molar-refractivity contribution < 1.29 is 4.79 Å². The summed E-state index contributed by atoms with van der Waals surface area (Å²) in [6, 6.07) is 0. The lowest BCUT2D eigenvalue weighted by Crippen LogP contribution is -2.37. The number of hydrogen-bond acceptors (Lipinski definition) is 5. The molecule has 7 nitrogen and oxygen atoms in total. The maximum absolute atomic E-state index is 12.4. The number of nitrogens with zero attached hydrogens (tertiary/aromatic N) is 6. The predicted octanol–water partition coefficient (Wildman–Crippen LogP) is 1.62. The number of carbonyl (C=O) groups excluding carboxylic acids is 1. The molecule has 3 heterocycles. The van der Waals surface area contributed by atoms with Crippen molar-refractivity contribution in [2.24, 2.45) is 20.0 Å². The summed E-state index contributed by atoms with van der Waals surface area (Å²) in [5.41, 5.74) is 3.19. The minimum Gasteiger partial charge on any atom is -0.338 e. The van der Waals surface area contributed by atoms with Gasteiger partial charge in [-0.15, -0.1) is 10.2 Å². The van der Waals surface area contributed by atoms with Crippen LogP contribution in [0.2, 0.25) is 0 Å². The smallest absolute Gasteiger partial charge is 0.225 e. The molecule has 0 spiro atoms. The van der Waals surface area contributed by atoms with E-state index < -0.39 is 0 Å². The normalized spacial score (nSPS) is 17.2. The summed E-state index contributed by atoms with van der Waals surface area (Å²) >= 11 is 1.67. The molecule has 24 heavy (non-hydrogen) atoms. The van der Waals surface area contributed by atoms with Crippen LogP contribution in [0.1, 0.15) is 31.0 Å².